The molecule has 176 valence electrons. The molecule has 1 aromatic rings. The number of amides is 3. The van der Waals surface area contributed by atoms with Gasteiger partial charge in [0.05, 0.1) is 31.7 Å². The molecule has 1 aromatic carbocycles. The van der Waals surface area contributed by atoms with E-state index in [9.17, 15) is 19.2 Å². The summed E-state index contributed by atoms with van der Waals surface area (Å²) < 4.78 is 15.6. The number of carbonyl (C=O) groups excluding carboxylic acids is 4. The fraction of sp³-hybridized carbons (Fsp3) is 0.500. The van der Waals surface area contributed by atoms with Gasteiger partial charge in [-0.05, 0) is 36.3 Å². The minimum absolute atomic E-state index is 0.0499. The first kappa shape index (κ1) is 22.8. The van der Waals surface area contributed by atoms with Crippen LogP contribution in [-0.4, -0.2) is 55.5 Å². The maximum atomic E-state index is 13.1. The van der Waals surface area contributed by atoms with Crippen LogP contribution in [0.3, 0.4) is 0 Å². The molecule has 0 unspecified atom stereocenters. The second-order valence-corrected chi connectivity index (χ2v) is 8.96. The van der Waals surface area contributed by atoms with Crippen LogP contribution in [0.15, 0.2) is 30.4 Å². The Morgan fingerprint density at radius 1 is 1.06 bits per heavy atom. The number of nitrogens with one attached hydrogen (secondary N) is 1. The average molecular weight is 456 g/mol. The fourth-order valence-electron chi connectivity index (χ4n) is 5.20. The number of nitrogens with zero attached hydrogens (tertiary/aromatic N) is 1. The third-order valence-corrected chi connectivity index (χ3v) is 6.68. The van der Waals surface area contributed by atoms with Crippen molar-refractivity contribution in [1.82, 2.24) is 4.90 Å². The van der Waals surface area contributed by atoms with Gasteiger partial charge in [0.15, 0.2) is 6.61 Å². The van der Waals surface area contributed by atoms with Crippen molar-refractivity contribution >= 4 is 29.4 Å². The maximum Gasteiger partial charge on any atom is 0.330 e. The third-order valence-electron chi connectivity index (χ3n) is 6.68. The molecule has 4 rings (SSSR count). The number of hydrogen-bond acceptors (Lipinski definition) is 7. The highest BCUT2D eigenvalue weighted by molar-refractivity contribution is 6.09. The molecule has 1 N–H and O–H groups in total. The number of methoxy groups -OCH3 is 2. The molecule has 33 heavy (non-hydrogen) atoms. The van der Waals surface area contributed by atoms with Gasteiger partial charge in [-0.2, -0.15) is 0 Å². The fourth-order valence-corrected chi connectivity index (χ4v) is 5.20. The number of esters is 1. The zero-order valence-electron chi connectivity index (χ0n) is 19.1. The van der Waals surface area contributed by atoms with E-state index < -0.39 is 36.4 Å². The van der Waals surface area contributed by atoms with Gasteiger partial charge in [-0.3, -0.25) is 19.3 Å². The van der Waals surface area contributed by atoms with Crippen molar-refractivity contribution in [3.05, 3.63) is 30.4 Å². The topological polar surface area (TPSA) is 111 Å². The van der Waals surface area contributed by atoms with Crippen LogP contribution in [0.25, 0.3) is 0 Å². The quantitative estimate of drug-likeness (QED) is 0.362. The van der Waals surface area contributed by atoms with Gasteiger partial charge in [-0.25, -0.2) is 4.79 Å². The minimum Gasteiger partial charge on any atom is -0.497 e. The lowest BCUT2D eigenvalue weighted by atomic mass is 9.85. The molecule has 1 aliphatic heterocycles. The summed E-state index contributed by atoms with van der Waals surface area (Å²) in [6.07, 6.45) is 4.81. The number of benzene rings is 1. The number of imide groups is 1. The molecule has 5 atom stereocenters. The van der Waals surface area contributed by atoms with E-state index in [1.54, 1.807) is 32.0 Å². The number of fused-ring (bicyclic) bond motifs is 5. The summed E-state index contributed by atoms with van der Waals surface area (Å²) in [6.45, 7) is 2.92. The first-order chi connectivity index (χ1) is 15.8. The van der Waals surface area contributed by atoms with E-state index in [-0.39, 0.29) is 29.6 Å². The van der Waals surface area contributed by atoms with Gasteiger partial charge in [-0.15, -0.1) is 0 Å². The van der Waals surface area contributed by atoms with Gasteiger partial charge < -0.3 is 19.5 Å². The summed E-state index contributed by atoms with van der Waals surface area (Å²) >= 11 is 0. The second kappa shape index (κ2) is 8.88. The molecule has 3 amide bonds. The van der Waals surface area contributed by atoms with E-state index in [1.807, 2.05) is 12.2 Å². The van der Waals surface area contributed by atoms with Crippen molar-refractivity contribution in [2.24, 2.45) is 29.6 Å². The molecule has 2 fully saturated rings. The second-order valence-electron chi connectivity index (χ2n) is 8.96. The van der Waals surface area contributed by atoms with Gasteiger partial charge >= 0.3 is 5.97 Å². The van der Waals surface area contributed by atoms with E-state index in [2.05, 4.69) is 5.32 Å². The minimum atomic E-state index is -1.07. The van der Waals surface area contributed by atoms with Gasteiger partial charge in [-0.1, -0.05) is 26.0 Å². The van der Waals surface area contributed by atoms with Crippen molar-refractivity contribution in [2.75, 3.05) is 26.1 Å². The van der Waals surface area contributed by atoms with Gasteiger partial charge in [0.2, 0.25) is 11.8 Å². The molecule has 2 bridgehead atoms. The number of hydrogen-bond donors (Lipinski definition) is 1. The summed E-state index contributed by atoms with van der Waals surface area (Å²) in [6, 6.07) is 3.83. The molecular weight excluding hydrogens is 428 g/mol. The van der Waals surface area contributed by atoms with Crippen LogP contribution in [-0.2, 0) is 23.9 Å². The van der Waals surface area contributed by atoms with Crippen molar-refractivity contribution < 1.29 is 33.4 Å². The Morgan fingerprint density at radius 3 is 2.24 bits per heavy atom. The number of allylic oxidation sites excluding steroid dienone is 2. The van der Waals surface area contributed by atoms with Crippen LogP contribution in [0, 0.1) is 29.6 Å². The van der Waals surface area contributed by atoms with E-state index >= 15 is 0 Å². The summed E-state index contributed by atoms with van der Waals surface area (Å²) in [4.78, 5) is 52.7. The Morgan fingerprint density at radius 2 is 1.70 bits per heavy atom. The Balaban J connectivity index is 1.42. The molecule has 9 nitrogen and oxygen atoms in total. The van der Waals surface area contributed by atoms with Crippen LogP contribution in [0.1, 0.15) is 20.3 Å². The van der Waals surface area contributed by atoms with Gasteiger partial charge in [0, 0.05) is 6.07 Å². The van der Waals surface area contributed by atoms with Crippen LogP contribution in [0.4, 0.5) is 5.69 Å². The largest absolute Gasteiger partial charge is 0.497 e. The zero-order valence-corrected chi connectivity index (χ0v) is 19.1. The van der Waals surface area contributed by atoms with Crippen molar-refractivity contribution in [3.63, 3.8) is 0 Å². The van der Waals surface area contributed by atoms with Crippen LogP contribution < -0.4 is 14.8 Å². The summed E-state index contributed by atoms with van der Waals surface area (Å²) in [5.41, 5.74) is 0.360. The monoisotopic (exact) mass is 456 g/mol. The summed E-state index contributed by atoms with van der Waals surface area (Å²) in [5.74, 6) is -2.13. The van der Waals surface area contributed by atoms with E-state index in [0.29, 0.717) is 17.2 Å². The van der Waals surface area contributed by atoms with E-state index in [0.717, 1.165) is 11.3 Å². The normalized spacial score (nSPS) is 25.9. The molecule has 0 spiro atoms. The Labute approximate surface area is 192 Å². The smallest absolute Gasteiger partial charge is 0.330 e. The van der Waals surface area contributed by atoms with Crippen molar-refractivity contribution in [3.8, 4) is 11.5 Å². The lowest BCUT2D eigenvalue weighted by molar-refractivity contribution is -0.162. The van der Waals surface area contributed by atoms with E-state index in [1.165, 1.54) is 14.2 Å². The highest BCUT2D eigenvalue weighted by atomic mass is 16.5. The molecule has 1 saturated carbocycles. The summed E-state index contributed by atoms with van der Waals surface area (Å²) in [7, 11) is 2.96. The number of rotatable bonds is 8. The number of ether oxygens (including phenoxy) is 3. The molecule has 9 heteroatoms. The van der Waals surface area contributed by atoms with Crippen LogP contribution in [0.5, 0.6) is 11.5 Å². The highest BCUT2D eigenvalue weighted by Gasteiger charge is 2.61. The molecule has 1 heterocycles. The lowest BCUT2D eigenvalue weighted by Gasteiger charge is -2.28. The maximum absolute atomic E-state index is 13.1. The Kier molecular flexibility index (Phi) is 6.14. The Hall–Kier alpha value is -3.36. The molecule has 0 radical (unpaired) electrons. The third kappa shape index (κ3) is 3.96. The lowest BCUT2D eigenvalue weighted by Crippen LogP contribution is -2.50. The van der Waals surface area contributed by atoms with Crippen LogP contribution >= 0.6 is 0 Å². The molecule has 2 aliphatic carbocycles. The van der Waals surface area contributed by atoms with Gasteiger partial charge in [0.1, 0.15) is 17.5 Å². The number of carbonyl (C=O) groups is 4. The SMILES string of the molecule is COc1ccc(OC)c(NC(=O)COC(=O)[C@H](C(C)C)N2C(=O)[C@@H]3[C@H](C2=O)[C@H]2C=C[C@H]3C2)c1. The zero-order chi connectivity index (χ0) is 23.9. The predicted molar refractivity (Wildman–Crippen MR) is 117 cm³/mol. The van der Waals surface area contributed by atoms with Gasteiger partial charge in [0.25, 0.3) is 5.91 Å². The molecule has 0 aromatic heterocycles. The first-order valence-electron chi connectivity index (χ1n) is 11.0. The predicted octanol–water partition coefficient (Wildman–Crippen LogP) is 2.02. The average Bonchev–Trinajstić information content (AvgIpc) is 3.47. The summed E-state index contributed by atoms with van der Waals surface area (Å²) in [5, 5.41) is 2.62. The number of anilines is 1. The van der Waals surface area contributed by atoms with Crippen LogP contribution in [0.2, 0.25) is 0 Å². The standard InChI is InChI=1S/C24H28N2O7/c1-12(2)21(26-22(28)19-13-5-6-14(9-13)20(19)23(26)29)24(30)33-11-18(27)25-16-10-15(31-3)7-8-17(16)32-4/h5-8,10,12-14,19-21H,9,11H2,1-4H3,(H,25,27)/t13-,14-,19-,20+,21-/m0/s1. The molecule has 3 aliphatic rings. The van der Waals surface area contributed by atoms with Crippen molar-refractivity contribution in [1.29, 1.82) is 0 Å². The van der Waals surface area contributed by atoms with Crippen molar-refractivity contribution in [2.45, 2.75) is 26.3 Å². The molecule has 1 saturated heterocycles. The Bertz CT molecular complexity index is 988. The highest BCUT2D eigenvalue weighted by Crippen LogP contribution is 2.53. The first-order valence-corrected chi connectivity index (χ1v) is 11.0. The number of likely N-dealkylation sites (tertiary alicyclic amines) is 1. The van der Waals surface area contributed by atoms with E-state index in [4.69, 9.17) is 14.2 Å². The molecular formula is C24H28N2O7.